The van der Waals surface area contributed by atoms with Crippen LogP contribution in [0.1, 0.15) is 24.1 Å². The summed E-state index contributed by atoms with van der Waals surface area (Å²) >= 11 is 13.1. The van der Waals surface area contributed by atoms with Crippen LogP contribution in [0.25, 0.3) is 5.78 Å². The number of carbonyl (C=O) groups is 1. The Balaban J connectivity index is 1.53. The monoisotopic (exact) mass is 423 g/mol. The quantitative estimate of drug-likeness (QED) is 0.627. The Labute approximate surface area is 168 Å². The standard InChI is InChI=1S/C17H15Cl2N5O2S/c18-11-6-5-9(7-12(11)19)20-14(25)8-27-17-23-22-16-21-15(26)10-3-1-2-4-13(10)24(16)17/h5-7H,1-4,8H2,(H,20,25)(H,21,22,26). The van der Waals surface area contributed by atoms with Crippen LogP contribution in [0.5, 0.6) is 0 Å². The van der Waals surface area contributed by atoms with Crippen LogP contribution in [0.4, 0.5) is 5.69 Å². The van der Waals surface area contributed by atoms with Gasteiger partial charge in [0.2, 0.25) is 11.7 Å². The zero-order valence-corrected chi connectivity index (χ0v) is 16.4. The minimum Gasteiger partial charge on any atom is -0.325 e. The first-order valence-electron chi connectivity index (χ1n) is 8.40. The smallest absolute Gasteiger partial charge is 0.255 e. The van der Waals surface area contributed by atoms with Gasteiger partial charge in [0, 0.05) is 16.9 Å². The van der Waals surface area contributed by atoms with Gasteiger partial charge in [-0.2, -0.15) is 0 Å². The first-order valence-corrected chi connectivity index (χ1v) is 10.1. The molecular weight excluding hydrogens is 409 g/mol. The molecule has 0 atom stereocenters. The van der Waals surface area contributed by atoms with Gasteiger partial charge in [-0.25, -0.2) is 0 Å². The van der Waals surface area contributed by atoms with Crippen molar-refractivity contribution in [2.75, 3.05) is 11.1 Å². The number of H-pyrrole nitrogens is 1. The number of anilines is 1. The molecule has 27 heavy (non-hydrogen) atoms. The number of amides is 1. The molecule has 7 nitrogen and oxygen atoms in total. The number of thioether (sulfide) groups is 1. The van der Waals surface area contributed by atoms with Crippen molar-refractivity contribution in [3.63, 3.8) is 0 Å². The van der Waals surface area contributed by atoms with Crippen LogP contribution in [-0.2, 0) is 17.6 Å². The second-order valence-electron chi connectivity index (χ2n) is 6.19. The molecule has 2 N–H and O–H groups in total. The first kappa shape index (κ1) is 18.3. The highest BCUT2D eigenvalue weighted by molar-refractivity contribution is 7.99. The van der Waals surface area contributed by atoms with E-state index >= 15 is 0 Å². The molecule has 2 aromatic heterocycles. The van der Waals surface area contributed by atoms with E-state index in [0.717, 1.165) is 36.9 Å². The maximum absolute atomic E-state index is 12.3. The fourth-order valence-electron chi connectivity index (χ4n) is 3.15. The van der Waals surface area contributed by atoms with Crippen LogP contribution in [0.15, 0.2) is 28.2 Å². The normalized spacial score (nSPS) is 13.6. The molecule has 10 heteroatoms. The van der Waals surface area contributed by atoms with E-state index in [1.54, 1.807) is 18.2 Å². The lowest BCUT2D eigenvalue weighted by atomic mass is 9.97. The minimum absolute atomic E-state index is 0.0986. The molecule has 3 aromatic rings. The van der Waals surface area contributed by atoms with Crippen molar-refractivity contribution in [3.8, 4) is 0 Å². The van der Waals surface area contributed by atoms with Crippen LogP contribution in [0.3, 0.4) is 0 Å². The topological polar surface area (TPSA) is 92.2 Å². The molecule has 1 aliphatic carbocycles. The fraction of sp³-hybridized carbons (Fsp3) is 0.294. The number of carbonyl (C=O) groups excluding carboxylic acids is 1. The van der Waals surface area contributed by atoms with Gasteiger partial charge in [0.15, 0.2) is 5.16 Å². The zero-order chi connectivity index (χ0) is 19.0. The average Bonchev–Trinajstić information content (AvgIpc) is 3.06. The summed E-state index contributed by atoms with van der Waals surface area (Å²) in [5.41, 5.74) is 2.20. The molecule has 0 saturated heterocycles. The number of aromatic nitrogens is 4. The van der Waals surface area contributed by atoms with Crippen molar-refractivity contribution in [1.82, 2.24) is 19.6 Å². The molecule has 0 saturated carbocycles. The lowest BCUT2D eigenvalue weighted by molar-refractivity contribution is -0.113. The maximum Gasteiger partial charge on any atom is 0.255 e. The van der Waals surface area contributed by atoms with E-state index in [9.17, 15) is 9.59 Å². The highest BCUT2D eigenvalue weighted by atomic mass is 35.5. The first-order chi connectivity index (χ1) is 13.0. The molecular formula is C17H15Cl2N5O2S. The maximum atomic E-state index is 12.3. The largest absolute Gasteiger partial charge is 0.325 e. The van der Waals surface area contributed by atoms with Crippen molar-refractivity contribution in [1.29, 1.82) is 0 Å². The van der Waals surface area contributed by atoms with Gasteiger partial charge >= 0.3 is 0 Å². The Morgan fingerprint density at radius 2 is 2.04 bits per heavy atom. The van der Waals surface area contributed by atoms with Crippen molar-refractivity contribution in [2.45, 2.75) is 30.8 Å². The molecule has 1 aliphatic rings. The molecule has 140 valence electrons. The Bertz CT molecular complexity index is 1090. The van der Waals surface area contributed by atoms with Crippen molar-refractivity contribution < 1.29 is 4.79 Å². The van der Waals surface area contributed by atoms with E-state index in [2.05, 4.69) is 20.5 Å². The molecule has 1 aromatic carbocycles. The van der Waals surface area contributed by atoms with Crippen LogP contribution in [0, 0.1) is 0 Å². The molecule has 0 unspecified atom stereocenters. The number of nitrogens with one attached hydrogen (secondary N) is 2. The predicted molar refractivity (Wildman–Crippen MR) is 106 cm³/mol. The van der Waals surface area contributed by atoms with E-state index in [-0.39, 0.29) is 17.2 Å². The summed E-state index contributed by atoms with van der Waals surface area (Å²) in [5.74, 6) is 0.357. The second kappa shape index (κ2) is 7.53. The number of rotatable bonds is 4. The Kier molecular flexibility index (Phi) is 5.12. The zero-order valence-electron chi connectivity index (χ0n) is 14.1. The van der Waals surface area contributed by atoms with E-state index in [1.807, 2.05) is 4.40 Å². The Morgan fingerprint density at radius 3 is 2.85 bits per heavy atom. The molecule has 0 radical (unpaired) electrons. The SMILES string of the molecule is O=C(CSc1nnc2[nH]c(=O)c3c(n12)CCCC3)Nc1ccc(Cl)c(Cl)c1. The van der Waals surface area contributed by atoms with Gasteiger partial charge in [-0.05, 0) is 43.9 Å². The molecule has 1 amide bonds. The van der Waals surface area contributed by atoms with E-state index in [4.69, 9.17) is 23.2 Å². The summed E-state index contributed by atoms with van der Waals surface area (Å²) in [5, 5.41) is 12.3. The summed E-state index contributed by atoms with van der Waals surface area (Å²) in [6.45, 7) is 0. The second-order valence-corrected chi connectivity index (χ2v) is 7.95. The van der Waals surface area contributed by atoms with Crippen molar-refractivity contribution in [2.24, 2.45) is 0 Å². The predicted octanol–water partition coefficient (Wildman–Crippen LogP) is 3.33. The summed E-state index contributed by atoms with van der Waals surface area (Å²) in [6.07, 6.45) is 3.57. The Hall–Kier alpha value is -2.03. The van der Waals surface area contributed by atoms with Gasteiger partial charge in [0.05, 0.1) is 15.8 Å². The number of fused-ring (bicyclic) bond motifs is 3. The molecule has 2 heterocycles. The number of halogens is 2. The summed E-state index contributed by atoms with van der Waals surface area (Å²) < 4.78 is 1.85. The minimum atomic E-state index is -0.201. The average molecular weight is 424 g/mol. The van der Waals surface area contributed by atoms with Gasteiger partial charge < -0.3 is 5.32 Å². The summed E-state index contributed by atoms with van der Waals surface area (Å²) in [4.78, 5) is 27.2. The van der Waals surface area contributed by atoms with Gasteiger partial charge in [0.25, 0.3) is 5.56 Å². The van der Waals surface area contributed by atoms with Crippen LogP contribution >= 0.6 is 35.0 Å². The number of hydrogen-bond donors (Lipinski definition) is 2. The highest BCUT2D eigenvalue weighted by Gasteiger charge is 2.20. The highest BCUT2D eigenvalue weighted by Crippen LogP contribution is 2.26. The van der Waals surface area contributed by atoms with Crippen molar-refractivity contribution in [3.05, 3.63) is 49.9 Å². The number of benzene rings is 1. The van der Waals surface area contributed by atoms with Gasteiger partial charge in [-0.15, -0.1) is 10.2 Å². The van der Waals surface area contributed by atoms with Gasteiger partial charge in [0.1, 0.15) is 0 Å². The van der Waals surface area contributed by atoms with Crippen LogP contribution in [-0.4, -0.2) is 31.2 Å². The number of nitrogens with zero attached hydrogens (tertiary/aromatic N) is 3. The van der Waals surface area contributed by atoms with E-state index < -0.39 is 0 Å². The van der Waals surface area contributed by atoms with E-state index in [1.165, 1.54) is 11.8 Å². The van der Waals surface area contributed by atoms with Crippen LogP contribution in [0.2, 0.25) is 10.0 Å². The third-order valence-corrected chi connectivity index (χ3v) is 6.05. The number of hydrogen-bond acceptors (Lipinski definition) is 5. The number of aryl methyl sites for hydroxylation is 1. The Morgan fingerprint density at radius 1 is 1.22 bits per heavy atom. The third-order valence-electron chi connectivity index (χ3n) is 4.38. The van der Waals surface area contributed by atoms with Crippen molar-refractivity contribution >= 4 is 52.3 Å². The van der Waals surface area contributed by atoms with Gasteiger partial charge in [-0.1, -0.05) is 35.0 Å². The van der Waals surface area contributed by atoms with Gasteiger partial charge in [-0.3, -0.25) is 19.0 Å². The number of aromatic amines is 1. The lowest BCUT2D eigenvalue weighted by Gasteiger charge is -2.16. The molecule has 0 fully saturated rings. The molecule has 0 spiro atoms. The van der Waals surface area contributed by atoms with E-state index in [0.29, 0.717) is 26.7 Å². The van der Waals surface area contributed by atoms with Crippen LogP contribution < -0.4 is 10.9 Å². The third kappa shape index (κ3) is 3.69. The fourth-order valence-corrected chi connectivity index (χ4v) is 4.20. The lowest BCUT2D eigenvalue weighted by Crippen LogP contribution is -2.23. The molecule has 0 aliphatic heterocycles. The summed E-state index contributed by atoms with van der Waals surface area (Å²) in [7, 11) is 0. The summed E-state index contributed by atoms with van der Waals surface area (Å²) in [6, 6.07) is 4.91. The molecule has 0 bridgehead atoms. The molecule has 4 rings (SSSR count).